The first-order chi connectivity index (χ1) is 8.43. The molecule has 5 heteroatoms. The Morgan fingerprint density at radius 3 is 2.78 bits per heavy atom. The molecule has 1 saturated carbocycles. The minimum absolute atomic E-state index is 0.142. The van der Waals surface area contributed by atoms with Crippen LogP contribution in [-0.2, 0) is 14.6 Å². The Bertz CT molecular complexity index is 432. The van der Waals surface area contributed by atoms with Gasteiger partial charge in [0.15, 0.2) is 9.84 Å². The van der Waals surface area contributed by atoms with Gasteiger partial charge in [-0.3, -0.25) is 0 Å². The highest BCUT2D eigenvalue weighted by molar-refractivity contribution is 7.92. The summed E-state index contributed by atoms with van der Waals surface area (Å²) in [7, 11) is -2.82. The molecule has 18 heavy (non-hydrogen) atoms. The Balaban J connectivity index is 1.61. The van der Waals surface area contributed by atoms with Crippen LogP contribution in [-0.4, -0.2) is 44.7 Å². The largest absolute Gasteiger partial charge is 0.377 e. The van der Waals surface area contributed by atoms with Gasteiger partial charge in [0, 0.05) is 30.5 Å². The van der Waals surface area contributed by atoms with Gasteiger partial charge in [-0.25, -0.2) is 8.42 Å². The molecule has 0 bridgehead atoms. The molecular weight excluding hydrogens is 250 g/mol. The van der Waals surface area contributed by atoms with Crippen LogP contribution in [0.3, 0.4) is 0 Å². The predicted molar refractivity (Wildman–Crippen MR) is 70.2 cm³/mol. The number of ether oxygens (including phenoxy) is 1. The van der Waals surface area contributed by atoms with Gasteiger partial charge >= 0.3 is 0 Å². The molecule has 0 amide bonds. The molecule has 0 aromatic rings. The second kappa shape index (κ2) is 4.18. The van der Waals surface area contributed by atoms with E-state index in [4.69, 9.17) is 4.74 Å². The lowest BCUT2D eigenvalue weighted by Gasteiger charge is -2.55. The number of hydrogen-bond acceptors (Lipinski definition) is 4. The van der Waals surface area contributed by atoms with Gasteiger partial charge in [0.1, 0.15) is 0 Å². The van der Waals surface area contributed by atoms with Crippen LogP contribution in [0.25, 0.3) is 0 Å². The summed E-state index contributed by atoms with van der Waals surface area (Å²) >= 11 is 0. The molecule has 0 spiro atoms. The molecule has 4 nitrogen and oxygen atoms in total. The third-order valence-electron chi connectivity index (χ3n) is 5.13. The smallest absolute Gasteiger partial charge is 0.154 e. The normalized spacial score (nSPS) is 44.6. The summed E-state index contributed by atoms with van der Waals surface area (Å²) in [6, 6.07) is 0.417. The minimum Gasteiger partial charge on any atom is -0.377 e. The standard InChI is InChI=1S/C13H23NO3S/c1-13(2)11(10-5-6-17-12(10)13)14-8-9-4-3-7-18(9,15)16/h9-12,14H,3-8H2,1-2H3. The molecule has 3 aliphatic rings. The van der Waals surface area contributed by atoms with Crippen LogP contribution in [0.4, 0.5) is 0 Å². The average molecular weight is 273 g/mol. The highest BCUT2D eigenvalue weighted by Gasteiger charge is 2.59. The second-order valence-corrected chi connectivity index (χ2v) is 8.98. The molecule has 104 valence electrons. The third kappa shape index (κ3) is 1.82. The molecule has 2 aliphatic heterocycles. The zero-order valence-electron chi connectivity index (χ0n) is 11.2. The van der Waals surface area contributed by atoms with E-state index in [9.17, 15) is 8.42 Å². The molecule has 3 fully saturated rings. The van der Waals surface area contributed by atoms with Crippen LogP contribution < -0.4 is 5.32 Å². The fourth-order valence-electron chi connectivity index (χ4n) is 4.08. The van der Waals surface area contributed by atoms with Crippen LogP contribution in [0.1, 0.15) is 33.1 Å². The number of fused-ring (bicyclic) bond motifs is 1. The average Bonchev–Trinajstić information content (AvgIpc) is 2.84. The first-order valence-electron chi connectivity index (χ1n) is 6.99. The number of sulfone groups is 1. The summed E-state index contributed by atoms with van der Waals surface area (Å²) < 4.78 is 29.4. The molecule has 1 aliphatic carbocycles. The van der Waals surface area contributed by atoms with E-state index in [1.165, 1.54) is 0 Å². The predicted octanol–water partition coefficient (Wildman–Crippen LogP) is 0.967. The van der Waals surface area contributed by atoms with E-state index >= 15 is 0 Å². The van der Waals surface area contributed by atoms with Gasteiger partial charge in [-0.1, -0.05) is 13.8 Å². The van der Waals surface area contributed by atoms with Crippen molar-refractivity contribution in [1.82, 2.24) is 5.32 Å². The molecular formula is C13H23NO3S. The van der Waals surface area contributed by atoms with Crippen LogP contribution in [0.15, 0.2) is 0 Å². The van der Waals surface area contributed by atoms with E-state index in [1.807, 2.05) is 0 Å². The van der Waals surface area contributed by atoms with E-state index in [1.54, 1.807) is 0 Å². The second-order valence-electron chi connectivity index (χ2n) is 6.58. The highest BCUT2D eigenvalue weighted by Crippen LogP contribution is 2.52. The Morgan fingerprint density at radius 2 is 2.11 bits per heavy atom. The third-order valence-corrected chi connectivity index (χ3v) is 7.40. The summed E-state index contributed by atoms with van der Waals surface area (Å²) in [5.74, 6) is 0.965. The Labute approximate surface area is 109 Å². The van der Waals surface area contributed by atoms with Crippen LogP contribution in [0.2, 0.25) is 0 Å². The van der Waals surface area contributed by atoms with Crippen molar-refractivity contribution in [2.75, 3.05) is 18.9 Å². The van der Waals surface area contributed by atoms with Crippen molar-refractivity contribution >= 4 is 9.84 Å². The van der Waals surface area contributed by atoms with Gasteiger partial charge in [0.25, 0.3) is 0 Å². The summed E-state index contributed by atoms with van der Waals surface area (Å²) in [4.78, 5) is 0. The summed E-state index contributed by atoms with van der Waals surface area (Å²) in [5.41, 5.74) is 0.142. The fraction of sp³-hybridized carbons (Fsp3) is 1.00. The highest BCUT2D eigenvalue weighted by atomic mass is 32.2. The summed E-state index contributed by atoms with van der Waals surface area (Å²) in [5, 5.41) is 3.36. The maximum Gasteiger partial charge on any atom is 0.154 e. The molecule has 4 atom stereocenters. The van der Waals surface area contributed by atoms with Crippen molar-refractivity contribution in [3.05, 3.63) is 0 Å². The van der Waals surface area contributed by atoms with Crippen molar-refractivity contribution in [3.63, 3.8) is 0 Å². The van der Waals surface area contributed by atoms with E-state index in [0.29, 0.717) is 30.4 Å². The van der Waals surface area contributed by atoms with E-state index in [2.05, 4.69) is 19.2 Å². The Hall–Kier alpha value is -0.130. The molecule has 0 radical (unpaired) electrons. The fourth-order valence-corrected chi connectivity index (χ4v) is 5.86. The van der Waals surface area contributed by atoms with E-state index < -0.39 is 9.84 Å². The molecule has 4 unspecified atom stereocenters. The topological polar surface area (TPSA) is 55.4 Å². The SMILES string of the molecule is CC1(C)C(NCC2CCCS2(=O)=O)C2CCOC21. The Morgan fingerprint density at radius 1 is 1.33 bits per heavy atom. The minimum atomic E-state index is -2.82. The zero-order valence-corrected chi connectivity index (χ0v) is 12.0. The number of nitrogens with one attached hydrogen (secondary N) is 1. The molecule has 1 N–H and O–H groups in total. The van der Waals surface area contributed by atoms with Crippen LogP contribution >= 0.6 is 0 Å². The van der Waals surface area contributed by atoms with Gasteiger partial charge in [-0.05, 0) is 19.3 Å². The molecule has 0 aromatic heterocycles. The lowest BCUT2D eigenvalue weighted by molar-refractivity contribution is -0.112. The molecule has 3 rings (SSSR count). The lowest BCUT2D eigenvalue weighted by Crippen LogP contribution is -2.66. The van der Waals surface area contributed by atoms with Crippen LogP contribution in [0, 0.1) is 11.3 Å². The van der Waals surface area contributed by atoms with Crippen molar-refractivity contribution in [2.45, 2.75) is 50.5 Å². The molecule has 0 aromatic carbocycles. The number of rotatable bonds is 3. The van der Waals surface area contributed by atoms with Crippen molar-refractivity contribution in [3.8, 4) is 0 Å². The number of hydrogen-bond donors (Lipinski definition) is 1. The zero-order chi connectivity index (χ0) is 13.0. The quantitative estimate of drug-likeness (QED) is 0.832. The van der Waals surface area contributed by atoms with Gasteiger partial charge in [-0.2, -0.15) is 0 Å². The first-order valence-corrected chi connectivity index (χ1v) is 8.71. The Kier molecular flexibility index (Phi) is 2.99. The lowest BCUT2D eigenvalue weighted by atomic mass is 9.57. The molecule has 2 heterocycles. The van der Waals surface area contributed by atoms with Crippen LogP contribution in [0.5, 0.6) is 0 Å². The molecule has 2 saturated heterocycles. The van der Waals surface area contributed by atoms with E-state index in [0.717, 1.165) is 25.9 Å². The first kappa shape index (κ1) is 12.9. The maximum atomic E-state index is 11.8. The van der Waals surface area contributed by atoms with Gasteiger partial charge in [0.2, 0.25) is 0 Å². The monoisotopic (exact) mass is 273 g/mol. The van der Waals surface area contributed by atoms with Crippen molar-refractivity contribution < 1.29 is 13.2 Å². The summed E-state index contributed by atoms with van der Waals surface area (Å²) in [6.07, 6.45) is 3.14. The van der Waals surface area contributed by atoms with Gasteiger partial charge < -0.3 is 10.1 Å². The van der Waals surface area contributed by atoms with Gasteiger partial charge in [0.05, 0.1) is 17.1 Å². The van der Waals surface area contributed by atoms with Crippen molar-refractivity contribution in [2.24, 2.45) is 11.3 Å². The van der Waals surface area contributed by atoms with Gasteiger partial charge in [-0.15, -0.1) is 0 Å². The van der Waals surface area contributed by atoms with E-state index in [-0.39, 0.29) is 10.7 Å². The summed E-state index contributed by atoms with van der Waals surface area (Å²) in [6.45, 7) is 5.93. The maximum absolute atomic E-state index is 11.8. The van der Waals surface area contributed by atoms with Crippen molar-refractivity contribution in [1.29, 1.82) is 0 Å².